The SMILES string of the molecule is CC(=O)NC1CCN(C(=O)c2cc(Br)c(Br)s2)CC1. The maximum Gasteiger partial charge on any atom is 0.264 e. The summed E-state index contributed by atoms with van der Waals surface area (Å²) in [5.41, 5.74) is 0. The summed E-state index contributed by atoms with van der Waals surface area (Å²) in [4.78, 5) is 25.9. The van der Waals surface area contributed by atoms with Crippen molar-refractivity contribution in [1.29, 1.82) is 0 Å². The molecule has 0 aliphatic carbocycles. The van der Waals surface area contributed by atoms with Gasteiger partial charge in [0.15, 0.2) is 0 Å². The van der Waals surface area contributed by atoms with E-state index in [1.807, 2.05) is 11.0 Å². The van der Waals surface area contributed by atoms with Crippen LogP contribution < -0.4 is 5.32 Å². The zero-order valence-electron chi connectivity index (χ0n) is 10.4. The van der Waals surface area contributed by atoms with Gasteiger partial charge >= 0.3 is 0 Å². The summed E-state index contributed by atoms with van der Waals surface area (Å²) in [6, 6.07) is 2.04. The number of rotatable bonds is 2. The molecule has 1 aliphatic heterocycles. The van der Waals surface area contributed by atoms with Crippen LogP contribution in [-0.4, -0.2) is 35.8 Å². The Bertz CT molecular complexity index is 476. The number of hydrogen-bond donors (Lipinski definition) is 1. The molecular formula is C12H14Br2N2O2S. The number of likely N-dealkylation sites (tertiary alicyclic amines) is 1. The molecule has 19 heavy (non-hydrogen) atoms. The Morgan fingerprint density at radius 2 is 2.00 bits per heavy atom. The predicted octanol–water partition coefficient (Wildman–Crippen LogP) is 3.01. The number of thiophene rings is 1. The fraction of sp³-hybridized carbons (Fsp3) is 0.500. The van der Waals surface area contributed by atoms with Gasteiger partial charge in [-0.15, -0.1) is 11.3 Å². The predicted molar refractivity (Wildman–Crippen MR) is 82.5 cm³/mol. The van der Waals surface area contributed by atoms with Gasteiger partial charge in [-0.3, -0.25) is 9.59 Å². The number of amides is 2. The zero-order valence-corrected chi connectivity index (χ0v) is 14.4. The number of nitrogens with one attached hydrogen (secondary N) is 1. The average molecular weight is 410 g/mol. The minimum Gasteiger partial charge on any atom is -0.353 e. The monoisotopic (exact) mass is 408 g/mol. The van der Waals surface area contributed by atoms with Crippen molar-refractivity contribution >= 4 is 55.0 Å². The molecule has 0 aromatic carbocycles. The molecule has 0 bridgehead atoms. The van der Waals surface area contributed by atoms with E-state index in [1.165, 1.54) is 18.3 Å². The molecule has 104 valence electrons. The minimum atomic E-state index is -0.00380. The first-order chi connectivity index (χ1) is 8.97. The molecule has 1 N–H and O–H groups in total. The third-order valence-electron chi connectivity index (χ3n) is 3.05. The third kappa shape index (κ3) is 3.79. The Kier molecular flexibility index (Phi) is 5.03. The highest BCUT2D eigenvalue weighted by atomic mass is 79.9. The molecule has 1 aliphatic rings. The summed E-state index contributed by atoms with van der Waals surface area (Å²) in [7, 11) is 0. The van der Waals surface area contributed by atoms with Crippen LogP contribution in [0.15, 0.2) is 14.3 Å². The summed E-state index contributed by atoms with van der Waals surface area (Å²) in [6.07, 6.45) is 1.64. The fourth-order valence-electron chi connectivity index (χ4n) is 2.12. The molecule has 2 rings (SSSR count). The van der Waals surface area contributed by atoms with E-state index in [4.69, 9.17) is 0 Å². The van der Waals surface area contributed by atoms with Gasteiger partial charge in [0.2, 0.25) is 5.91 Å². The van der Waals surface area contributed by atoms with Crippen molar-refractivity contribution in [3.8, 4) is 0 Å². The second kappa shape index (κ2) is 6.37. The van der Waals surface area contributed by atoms with E-state index in [9.17, 15) is 9.59 Å². The molecule has 0 spiro atoms. The van der Waals surface area contributed by atoms with E-state index in [2.05, 4.69) is 37.2 Å². The third-order valence-corrected chi connectivity index (χ3v) is 6.29. The van der Waals surface area contributed by atoms with Crippen LogP contribution in [0.25, 0.3) is 0 Å². The maximum atomic E-state index is 12.3. The molecule has 1 fully saturated rings. The van der Waals surface area contributed by atoms with E-state index in [0.29, 0.717) is 13.1 Å². The largest absolute Gasteiger partial charge is 0.353 e. The normalized spacial score (nSPS) is 16.5. The second-order valence-corrected chi connectivity index (χ2v) is 7.72. The van der Waals surface area contributed by atoms with Crippen molar-refractivity contribution in [2.75, 3.05) is 13.1 Å². The molecule has 1 aromatic heterocycles. The van der Waals surface area contributed by atoms with Crippen LogP contribution in [0.5, 0.6) is 0 Å². The van der Waals surface area contributed by atoms with Gasteiger partial charge in [0, 0.05) is 30.5 Å². The second-order valence-electron chi connectivity index (χ2n) is 4.50. The van der Waals surface area contributed by atoms with Crippen molar-refractivity contribution in [3.05, 3.63) is 19.2 Å². The quantitative estimate of drug-likeness (QED) is 0.816. The van der Waals surface area contributed by atoms with Crippen molar-refractivity contribution in [2.24, 2.45) is 0 Å². The first kappa shape index (κ1) is 15.0. The van der Waals surface area contributed by atoms with Crippen molar-refractivity contribution in [1.82, 2.24) is 10.2 Å². The summed E-state index contributed by atoms with van der Waals surface area (Å²) in [5, 5.41) is 2.90. The lowest BCUT2D eigenvalue weighted by molar-refractivity contribution is -0.119. The number of nitrogens with zero attached hydrogens (tertiary/aromatic N) is 1. The molecule has 1 saturated heterocycles. The van der Waals surface area contributed by atoms with Gasteiger partial charge in [0.05, 0.1) is 8.66 Å². The van der Waals surface area contributed by atoms with E-state index in [0.717, 1.165) is 26.0 Å². The highest BCUT2D eigenvalue weighted by Crippen LogP contribution is 2.33. The summed E-state index contributed by atoms with van der Waals surface area (Å²) in [6.45, 7) is 2.91. The van der Waals surface area contributed by atoms with E-state index in [1.54, 1.807) is 0 Å². The van der Waals surface area contributed by atoms with Crippen LogP contribution >= 0.6 is 43.2 Å². The average Bonchev–Trinajstić information content (AvgIpc) is 2.69. The Balaban J connectivity index is 1.94. The summed E-state index contributed by atoms with van der Waals surface area (Å²) >= 11 is 8.23. The number of carbonyl (C=O) groups is 2. The zero-order chi connectivity index (χ0) is 14.0. The van der Waals surface area contributed by atoms with Crippen LogP contribution in [0.1, 0.15) is 29.4 Å². The Labute approximate surface area is 132 Å². The molecule has 0 radical (unpaired) electrons. The standard InChI is InChI=1S/C12H14Br2N2O2S/c1-7(17)15-8-2-4-16(5-3-8)12(18)10-6-9(13)11(14)19-10/h6,8H,2-5H2,1H3,(H,15,17). The highest BCUT2D eigenvalue weighted by molar-refractivity contribution is 9.13. The van der Waals surface area contributed by atoms with Crippen LogP contribution in [0.3, 0.4) is 0 Å². The smallest absolute Gasteiger partial charge is 0.264 e. The van der Waals surface area contributed by atoms with E-state index >= 15 is 0 Å². The Morgan fingerprint density at radius 3 is 2.47 bits per heavy atom. The molecule has 7 heteroatoms. The van der Waals surface area contributed by atoms with Crippen molar-refractivity contribution in [2.45, 2.75) is 25.8 Å². The lowest BCUT2D eigenvalue weighted by atomic mass is 10.0. The Morgan fingerprint density at radius 1 is 1.37 bits per heavy atom. The van der Waals surface area contributed by atoms with Gasteiger partial charge in [-0.2, -0.15) is 0 Å². The lowest BCUT2D eigenvalue weighted by Gasteiger charge is -2.31. The topological polar surface area (TPSA) is 49.4 Å². The van der Waals surface area contributed by atoms with Crippen LogP contribution in [0, 0.1) is 0 Å². The molecule has 2 amide bonds. The van der Waals surface area contributed by atoms with Crippen molar-refractivity contribution in [3.63, 3.8) is 0 Å². The van der Waals surface area contributed by atoms with Gasteiger partial charge in [0.25, 0.3) is 5.91 Å². The van der Waals surface area contributed by atoms with Gasteiger partial charge in [-0.1, -0.05) is 0 Å². The van der Waals surface area contributed by atoms with Gasteiger partial charge in [-0.25, -0.2) is 0 Å². The van der Waals surface area contributed by atoms with E-state index < -0.39 is 0 Å². The number of halogens is 2. The first-order valence-corrected chi connectivity index (χ1v) is 8.39. The lowest BCUT2D eigenvalue weighted by Crippen LogP contribution is -2.45. The Hall–Kier alpha value is -0.400. The maximum absolute atomic E-state index is 12.3. The number of hydrogen-bond acceptors (Lipinski definition) is 3. The summed E-state index contributed by atoms with van der Waals surface area (Å²) in [5.74, 6) is 0.0635. The van der Waals surface area contributed by atoms with Gasteiger partial charge in [-0.05, 0) is 50.8 Å². The minimum absolute atomic E-state index is 0.00380. The van der Waals surface area contributed by atoms with Crippen LogP contribution in [0.2, 0.25) is 0 Å². The van der Waals surface area contributed by atoms with Crippen LogP contribution in [-0.2, 0) is 4.79 Å². The highest BCUT2D eigenvalue weighted by Gasteiger charge is 2.25. The van der Waals surface area contributed by atoms with Crippen molar-refractivity contribution < 1.29 is 9.59 Å². The van der Waals surface area contributed by atoms with Gasteiger partial charge in [0.1, 0.15) is 0 Å². The first-order valence-electron chi connectivity index (χ1n) is 5.98. The van der Waals surface area contributed by atoms with Crippen LogP contribution in [0.4, 0.5) is 0 Å². The van der Waals surface area contributed by atoms with E-state index in [-0.39, 0.29) is 17.9 Å². The summed E-state index contributed by atoms with van der Waals surface area (Å²) < 4.78 is 1.85. The number of piperidine rings is 1. The molecule has 0 unspecified atom stereocenters. The molecule has 0 atom stereocenters. The molecule has 2 heterocycles. The molecular weight excluding hydrogens is 396 g/mol. The molecule has 4 nitrogen and oxygen atoms in total. The molecule has 1 aromatic rings. The molecule has 0 saturated carbocycles. The van der Waals surface area contributed by atoms with Gasteiger partial charge < -0.3 is 10.2 Å². The number of carbonyl (C=O) groups excluding carboxylic acids is 2. The fourth-order valence-corrected chi connectivity index (χ4v) is 4.13.